The topological polar surface area (TPSA) is 24.1 Å². The number of rotatable bonds is 3. The Morgan fingerprint density at radius 1 is 0.800 bits per heavy atom. The molecule has 0 amide bonds. The molecule has 0 spiro atoms. The molecule has 0 unspecified atom stereocenters. The molecule has 0 atom stereocenters. The maximum absolute atomic E-state index is 3.31. The summed E-state index contributed by atoms with van der Waals surface area (Å²) in [5.74, 6) is 0. The maximum Gasteiger partial charge on any atom is 0.0385 e. The Kier molecular flexibility index (Phi) is 2.88. The number of hydrogen-bond donors (Lipinski definition) is 2. The highest BCUT2D eigenvalue weighted by Gasteiger charge is 1.93. The van der Waals surface area contributed by atoms with Crippen LogP contribution in [0.1, 0.15) is 0 Å². The van der Waals surface area contributed by atoms with Gasteiger partial charge < -0.3 is 10.6 Å². The molecule has 75 valence electrons. The fourth-order valence-corrected chi connectivity index (χ4v) is 1.36. The van der Waals surface area contributed by atoms with Gasteiger partial charge in [-0.05, 0) is 42.5 Å². The van der Waals surface area contributed by atoms with Gasteiger partial charge in [-0.1, -0.05) is 12.1 Å². The Labute approximate surface area is 90.0 Å². The summed E-state index contributed by atoms with van der Waals surface area (Å²) in [5, 5.41) is 6.39. The fourth-order valence-electron chi connectivity index (χ4n) is 1.36. The van der Waals surface area contributed by atoms with Crippen molar-refractivity contribution < 1.29 is 0 Å². The minimum Gasteiger partial charge on any atom is -0.388 e. The monoisotopic (exact) mass is 197 g/mol. The molecule has 0 bridgehead atoms. The molecule has 0 heterocycles. The Hall–Kier alpha value is -1.96. The van der Waals surface area contributed by atoms with Gasteiger partial charge in [0.2, 0.25) is 0 Å². The molecule has 2 aromatic rings. The van der Waals surface area contributed by atoms with Crippen molar-refractivity contribution in [1.29, 1.82) is 0 Å². The highest BCUT2D eigenvalue weighted by molar-refractivity contribution is 5.62. The first-order valence-corrected chi connectivity index (χ1v) is 4.89. The first kappa shape index (κ1) is 9.59. The Balaban J connectivity index is 2.11. The van der Waals surface area contributed by atoms with Crippen LogP contribution in [0.15, 0.2) is 48.5 Å². The van der Waals surface area contributed by atoms with Crippen LogP contribution >= 0.6 is 0 Å². The third-order valence-corrected chi connectivity index (χ3v) is 2.18. The number of hydrogen-bond acceptors (Lipinski definition) is 2. The lowest BCUT2D eigenvalue weighted by molar-refractivity contribution is 1.49. The fraction of sp³-hybridized carbons (Fsp3) is 0.0769. The summed E-state index contributed by atoms with van der Waals surface area (Å²) < 4.78 is 0. The summed E-state index contributed by atoms with van der Waals surface area (Å²) in [6.07, 6.45) is 0. The van der Waals surface area contributed by atoms with Gasteiger partial charge in [0.25, 0.3) is 0 Å². The van der Waals surface area contributed by atoms with Gasteiger partial charge in [0.05, 0.1) is 0 Å². The van der Waals surface area contributed by atoms with Gasteiger partial charge in [0.15, 0.2) is 0 Å². The van der Waals surface area contributed by atoms with Crippen LogP contribution in [0.2, 0.25) is 0 Å². The van der Waals surface area contributed by atoms with E-state index in [0.29, 0.717) is 0 Å². The van der Waals surface area contributed by atoms with Crippen LogP contribution < -0.4 is 10.6 Å². The first-order chi connectivity index (χ1) is 7.38. The van der Waals surface area contributed by atoms with E-state index in [1.807, 2.05) is 55.6 Å². The molecule has 2 aromatic carbocycles. The van der Waals surface area contributed by atoms with Crippen LogP contribution in [0.3, 0.4) is 0 Å². The zero-order valence-corrected chi connectivity index (χ0v) is 8.62. The summed E-state index contributed by atoms with van der Waals surface area (Å²) >= 11 is 0. The number of benzene rings is 2. The standard InChI is InChI=1S/C13H13N2/c1-14-11-7-9-13(10-8-11)15-12-5-3-2-4-6-12/h3-10,14-15H,1H3. The molecule has 0 aliphatic rings. The quantitative estimate of drug-likeness (QED) is 0.789. The Bertz CT molecular complexity index is 406. The third-order valence-electron chi connectivity index (χ3n) is 2.18. The molecule has 0 aliphatic carbocycles. The maximum atomic E-state index is 3.31. The SMILES string of the molecule is CNc1ccc(Nc2cc[c]cc2)cc1. The van der Waals surface area contributed by atoms with Crippen LogP contribution in [0.5, 0.6) is 0 Å². The molecule has 0 aliphatic heterocycles. The third kappa shape index (κ3) is 2.50. The minimum absolute atomic E-state index is 1.07. The molecule has 0 aromatic heterocycles. The van der Waals surface area contributed by atoms with Crippen molar-refractivity contribution in [3.63, 3.8) is 0 Å². The lowest BCUT2D eigenvalue weighted by Crippen LogP contribution is -1.91. The average Bonchev–Trinajstić information content (AvgIpc) is 2.31. The molecular weight excluding hydrogens is 184 g/mol. The molecule has 0 saturated heterocycles. The minimum atomic E-state index is 1.07. The van der Waals surface area contributed by atoms with E-state index in [1.165, 1.54) is 0 Å². The summed E-state index contributed by atoms with van der Waals surface area (Å²) in [5.41, 5.74) is 3.27. The van der Waals surface area contributed by atoms with Gasteiger partial charge in [-0.25, -0.2) is 0 Å². The van der Waals surface area contributed by atoms with E-state index in [9.17, 15) is 0 Å². The average molecular weight is 197 g/mol. The predicted octanol–water partition coefficient (Wildman–Crippen LogP) is 3.27. The van der Waals surface area contributed by atoms with Crippen LogP contribution in [0.4, 0.5) is 17.1 Å². The highest BCUT2D eigenvalue weighted by atomic mass is 14.9. The van der Waals surface area contributed by atoms with Crippen molar-refractivity contribution in [3.05, 3.63) is 54.6 Å². The largest absolute Gasteiger partial charge is 0.388 e. The van der Waals surface area contributed by atoms with Crippen molar-refractivity contribution in [2.45, 2.75) is 0 Å². The molecule has 0 fully saturated rings. The zero-order valence-electron chi connectivity index (χ0n) is 8.62. The van der Waals surface area contributed by atoms with E-state index in [0.717, 1.165) is 17.1 Å². The molecule has 2 nitrogen and oxygen atoms in total. The second-order valence-electron chi connectivity index (χ2n) is 3.24. The van der Waals surface area contributed by atoms with Crippen LogP contribution in [0, 0.1) is 6.07 Å². The molecule has 1 radical (unpaired) electrons. The van der Waals surface area contributed by atoms with Crippen LogP contribution in [-0.4, -0.2) is 7.05 Å². The second-order valence-corrected chi connectivity index (χ2v) is 3.24. The number of anilines is 3. The zero-order chi connectivity index (χ0) is 10.5. The molecule has 15 heavy (non-hydrogen) atoms. The van der Waals surface area contributed by atoms with Gasteiger partial charge in [-0.15, -0.1) is 0 Å². The van der Waals surface area contributed by atoms with Crippen molar-refractivity contribution in [3.8, 4) is 0 Å². The van der Waals surface area contributed by atoms with E-state index in [1.54, 1.807) is 0 Å². The van der Waals surface area contributed by atoms with Crippen molar-refractivity contribution in [2.75, 3.05) is 17.7 Å². The van der Waals surface area contributed by atoms with Gasteiger partial charge in [0, 0.05) is 24.1 Å². The number of nitrogens with one attached hydrogen (secondary N) is 2. The first-order valence-electron chi connectivity index (χ1n) is 4.89. The normalized spacial score (nSPS) is 9.67. The summed E-state index contributed by atoms with van der Waals surface area (Å²) in [7, 11) is 1.91. The van der Waals surface area contributed by atoms with Crippen molar-refractivity contribution in [1.82, 2.24) is 0 Å². The van der Waals surface area contributed by atoms with Crippen molar-refractivity contribution in [2.24, 2.45) is 0 Å². The highest BCUT2D eigenvalue weighted by Crippen LogP contribution is 2.17. The Morgan fingerprint density at radius 3 is 1.93 bits per heavy atom. The van der Waals surface area contributed by atoms with E-state index >= 15 is 0 Å². The smallest absolute Gasteiger partial charge is 0.0385 e. The molecule has 2 N–H and O–H groups in total. The van der Waals surface area contributed by atoms with E-state index in [4.69, 9.17) is 0 Å². The Morgan fingerprint density at radius 2 is 1.33 bits per heavy atom. The van der Waals surface area contributed by atoms with Gasteiger partial charge in [-0.3, -0.25) is 0 Å². The molecular formula is C13H13N2. The van der Waals surface area contributed by atoms with Crippen LogP contribution in [0.25, 0.3) is 0 Å². The van der Waals surface area contributed by atoms with Gasteiger partial charge >= 0.3 is 0 Å². The van der Waals surface area contributed by atoms with E-state index < -0.39 is 0 Å². The summed E-state index contributed by atoms with van der Waals surface area (Å²) in [4.78, 5) is 0. The summed E-state index contributed by atoms with van der Waals surface area (Å²) in [6.45, 7) is 0. The molecule has 2 heteroatoms. The second kappa shape index (κ2) is 4.51. The molecule has 2 rings (SSSR count). The summed E-state index contributed by atoms with van der Waals surface area (Å²) in [6, 6.07) is 18.9. The van der Waals surface area contributed by atoms with Gasteiger partial charge in [0.1, 0.15) is 0 Å². The molecule has 0 saturated carbocycles. The van der Waals surface area contributed by atoms with E-state index in [2.05, 4.69) is 16.7 Å². The van der Waals surface area contributed by atoms with E-state index in [-0.39, 0.29) is 0 Å². The van der Waals surface area contributed by atoms with Gasteiger partial charge in [-0.2, -0.15) is 0 Å². The lowest BCUT2D eigenvalue weighted by Gasteiger charge is -2.06. The predicted molar refractivity (Wildman–Crippen MR) is 64.5 cm³/mol. The van der Waals surface area contributed by atoms with Crippen LogP contribution in [-0.2, 0) is 0 Å². The van der Waals surface area contributed by atoms with Crippen molar-refractivity contribution >= 4 is 17.1 Å². The lowest BCUT2D eigenvalue weighted by atomic mass is 10.2.